The summed E-state index contributed by atoms with van der Waals surface area (Å²) in [6, 6.07) is 9.78. The van der Waals surface area contributed by atoms with Crippen molar-refractivity contribution < 1.29 is 23.9 Å². The van der Waals surface area contributed by atoms with Gasteiger partial charge in [-0.05, 0) is 44.2 Å². The van der Waals surface area contributed by atoms with Crippen molar-refractivity contribution in [3.05, 3.63) is 57.6 Å². The number of anilines is 1. The van der Waals surface area contributed by atoms with Gasteiger partial charge in [0.2, 0.25) is 0 Å². The molecule has 2 aromatic carbocycles. The average molecular weight is 399 g/mol. The maximum absolute atomic E-state index is 12.5. The van der Waals surface area contributed by atoms with E-state index in [9.17, 15) is 14.9 Å². The van der Waals surface area contributed by atoms with Gasteiger partial charge in [-0.1, -0.05) is 0 Å². The van der Waals surface area contributed by atoms with Crippen molar-refractivity contribution in [3.63, 3.8) is 0 Å². The van der Waals surface area contributed by atoms with Gasteiger partial charge >= 0.3 is 5.97 Å². The molecule has 9 nitrogen and oxygen atoms in total. The topological polar surface area (TPSA) is 124 Å². The van der Waals surface area contributed by atoms with Gasteiger partial charge in [0.15, 0.2) is 17.5 Å². The smallest absolute Gasteiger partial charge is 0.333 e. The molecule has 0 saturated carbocycles. The van der Waals surface area contributed by atoms with Gasteiger partial charge in [-0.25, -0.2) is 4.79 Å². The van der Waals surface area contributed by atoms with Crippen LogP contribution in [-0.2, 0) is 9.53 Å². The van der Waals surface area contributed by atoms with E-state index in [2.05, 4.69) is 5.32 Å². The number of ether oxygens (including phenoxy) is 3. The highest BCUT2D eigenvalue weighted by molar-refractivity contribution is 5.83. The van der Waals surface area contributed by atoms with Crippen LogP contribution in [0.15, 0.2) is 36.4 Å². The van der Waals surface area contributed by atoms with Gasteiger partial charge < -0.3 is 19.5 Å². The minimum atomic E-state index is -1.18. The SMILES string of the molecule is CCOc1cc(C(Nc2ccc(C#N)cc2)C(=O)OC)c([N+](=O)[O-])cc1OCC. The van der Waals surface area contributed by atoms with Crippen molar-refractivity contribution in [2.24, 2.45) is 0 Å². The van der Waals surface area contributed by atoms with Crippen molar-refractivity contribution in [1.29, 1.82) is 5.26 Å². The molecule has 0 aliphatic rings. The van der Waals surface area contributed by atoms with Crippen molar-refractivity contribution >= 4 is 17.3 Å². The van der Waals surface area contributed by atoms with Crippen LogP contribution in [0.25, 0.3) is 0 Å². The third kappa shape index (κ3) is 5.13. The standard InChI is InChI=1S/C20H21N3O6/c1-4-28-17-10-15(16(23(25)26)11-18(17)29-5-2)19(20(24)27-3)22-14-8-6-13(12-21)7-9-14/h6-11,19,22H,4-5H2,1-3H3. The summed E-state index contributed by atoms with van der Waals surface area (Å²) in [6.07, 6.45) is 0. The number of nitrogens with zero attached hydrogens (tertiary/aromatic N) is 2. The summed E-state index contributed by atoms with van der Waals surface area (Å²) in [5, 5.41) is 23.5. The molecule has 0 heterocycles. The molecule has 29 heavy (non-hydrogen) atoms. The number of hydrogen-bond donors (Lipinski definition) is 1. The van der Waals surface area contributed by atoms with Gasteiger partial charge in [0, 0.05) is 5.69 Å². The Morgan fingerprint density at radius 3 is 2.24 bits per heavy atom. The molecule has 0 aliphatic carbocycles. The average Bonchev–Trinajstić information content (AvgIpc) is 2.73. The fourth-order valence-electron chi connectivity index (χ4n) is 2.68. The number of hydrogen-bond acceptors (Lipinski definition) is 8. The molecule has 0 spiro atoms. The number of rotatable bonds is 9. The number of nitro groups is 1. The second-order valence-electron chi connectivity index (χ2n) is 5.77. The maximum Gasteiger partial charge on any atom is 0.333 e. The van der Waals surface area contributed by atoms with Crippen LogP contribution in [0, 0.1) is 21.4 Å². The highest BCUT2D eigenvalue weighted by atomic mass is 16.6. The van der Waals surface area contributed by atoms with Crippen molar-refractivity contribution in [1.82, 2.24) is 0 Å². The lowest BCUT2D eigenvalue weighted by atomic mass is 10.0. The zero-order chi connectivity index (χ0) is 21.4. The Labute approximate surface area is 168 Å². The number of nitriles is 1. The minimum Gasteiger partial charge on any atom is -0.490 e. The van der Waals surface area contributed by atoms with Crippen LogP contribution in [0.5, 0.6) is 11.5 Å². The summed E-state index contributed by atoms with van der Waals surface area (Å²) in [5.74, 6) is -0.221. The molecule has 0 radical (unpaired) electrons. The van der Waals surface area contributed by atoms with E-state index in [4.69, 9.17) is 19.5 Å². The quantitative estimate of drug-likeness (QED) is 0.385. The second kappa shape index (κ2) is 9.94. The zero-order valence-electron chi connectivity index (χ0n) is 16.3. The van der Waals surface area contributed by atoms with E-state index in [-0.39, 0.29) is 22.7 Å². The third-order valence-electron chi connectivity index (χ3n) is 3.96. The highest BCUT2D eigenvalue weighted by Gasteiger charge is 2.31. The Balaban J connectivity index is 2.58. The van der Waals surface area contributed by atoms with E-state index in [0.717, 1.165) is 0 Å². The Morgan fingerprint density at radius 1 is 1.17 bits per heavy atom. The van der Waals surface area contributed by atoms with Crippen LogP contribution in [0.2, 0.25) is 0 Å². The van der Waals surface area contributed by atoms with Crippen LogP contribution >= 0.6 is 0 Å². The Bertz CT molecular complexity index is 921. The number of methoxy groups -OCH3 is 1. The van der Waals surface area contributed by atoms with Crippen molar-refractivity contribution in [2.75, 3.05) is 25.6 Å². The van der Waals surface area contributed by atoms with Gasteiger partial charge in [-0.15, -0.1) is 0 Å². The number of carbonyl (C=O) groups is 1. The van der Waals surface area contributed by atoms with Crippen LogP contribution in [0.1, 0.15) is 31.0 Å². The Hall–Kier alpha value is -3.80. The zero-order valence-corrected chi connectivity index (χ0v) is 16.3. The molecule has 152 valence electrons. The molecule has 0 aromatic heterocycles. The molecule has 0 aliphatic heterocycles. The van der Waals surface area contributed by atoms with Gasteiger partial charge in [-0.3, -0.25) is 10.1 Å². The Morgan fingerprint density at radius 2 is 1.76 bits per heavy atom. The highest BCUT2D eigenvalue weighted by Crippen LogP contribution is 2.39. The normalized spacial score (nSPS) is 11.1. The first-order chi connectivity index (χ1) is 13.9. The second-order valence-corrected chi connectivity index (χ2v) is 5.77. The molecule has 0 amide bonds. The minimum absolute atomic E-state index is 0.0677. The van der Waals surface area contributed by atoms with E-state index >= 15 is 0 Å². The lowest BCUT2D eigenvalue weighted by Gasteiger charge is -2.20. The van der Waals surface area contributed by atoms with E-state index in [1.165, 1.54) is 19.2 Å². The Kier molecular flexibility index (Phi) is 7.37. The van der Waals surface area contributed by atoms with Crippen molar-refractivity contribution in [3.8, 4) is 17.6 Å². The van der Waals surface area contributed by atoms with Crippen LogP contribution in [0.4, 0.5) is 11.4 Å². The summed E-state index contributed by atoms with van der Waals surface area (Å²) in [7, 11) is 1.19. The lowest BCUT2D eigenvalue weighted by molar-refractivity contribution is -0.385. The molecule has 0 fully saturated rings. The summed E-state index contributed by atoms with van der Waals surface area (Å²) in [5.41, 5.74) is 0.683. The van der Waals surface area contributed by atoms with Crippen LogP contribution in [0.3, 0.4) is 0 Å². The molecule has 1 atom stereocenters. The molecule has 0 bridgehead atoms. The summed E-state index contributed by atoms with van der Waals surface area (Å²) in [6.45, 7) is 4.12. The predicted octanol–water partition coefficient (Wildman–Crippen LogP) is 3.59. The maximum atomic E-state index is 12.5. The molecular weight excluding hydrogens is 378 g/mol. The number of esters is 1. The molecule has 0 saturated heterocycles. The monoisotopic (exact) mass is 399 g/mol. The van der Waals surface area contributed by atoms with Gasteiger partial charge in [0.05, 0.1) is 48.5 Å². The number of nitro benzene ring substituents is 1. The van der Waals surface area contributed by atoms with E-state index < -0.39 is 16.9 Å². The molecule has 1 N–H and O–H groups in total. The number of carbonyl (C=O) groups excluding carboxylic acids is 1. The first-order valence-electron chi connectivity index (χ1n) is 8.87. The van der Waals surface area contributed by atoms with Gasteiger partial charge in [0.25, 0.3) is 5.69 Å². The summed E-state index contributed by atoms with van der Waals surface area (Å²) < 4.78 is 15.8. The van der Waals surface area contributed by atoms with Gasteiger partial charge in [-0.2, -0.15) is 5.26 Å². The first kappa shape index (κ1) is 21.5. The predicted molar refractivity (Wildman–Crippen MR) is 105 cm³/mol. The van der Waals surface area contributed by atoms with E-state index in [1.807, 2.05) is 6.07 Å². The van der Waals surface area contributed by atoms with Crippen molar-refractivity contribution in [2.45, 2.75) is 19.9 Å². The molecule has 2 aromatic rings. The van der Waals surface area contributed by atoms with Gasteiger partial charge in [0.1, 0.15) is 0 Å². The number of nitrogens with one attached hydrogen (secondary N) is 1. The van der Waals surface area contributed by atoms with E-state index in [0.29, 0.717) is 24.5 Å². The molecule has 9 heteroatoms. The molecular formula is C20H21N3O6. The fourth-order valence-corrected chi connectivity index (χ4v) is 2.68. The fraction of sp³-hybridized carbons (Fsp3) is 0.300. The molecule has 2 rings (SSSR count). The summed E-state index contributed by atoms with van der Waals surface area (Å²) >= 11 is 0. The number of benzene rings is 2. The summed E-state index contributed by atoms with van der Waals surface area (Å²) in [4.78, 5) is 23.6. The first-order valence-corrected chi connectivity index (χ1v) is 8.87. The third-order valence-corrected chi connectivity index (χ3v) is 3.96. The van der Waals surface area contributed by atoms with Crippen LogP contribution < -0.4 is 14.8 Å². The van der Waals surface area contributed by atoms with E-state index in [1.54, 1.807) is 38.1 Å². The lowest BCUT2D eigenvalue weighted by Crippen LogP contribution is -2.23. The van der Waals surface area contributed by atoms with Crippen LogP contribution in [-0.4, -0.2) is 31.2 Å². The largest absolute Gasteiger partial charge is 0.490 e. The molecule has 1 unspecified atom stereocenters.